The smallest absolute Gasteiger partial charge is 0.251 e. The van der Waals surface area contributed by atoms with Gasteiger partial charge in [0.2, 0.25) is 5.91 Å². The normalized spacial score (nSPS) is 10.2. The second-order valence-corrected chi connectivity index (χ2v) is 5.90. The van der Waals surface area contributed by atoms with Crippen molar-refractivity contribution in [2.45, 2.75) is 12.8 Å². The molecule has 1 heterocycles. The minimum atomic E-state index is -0.264. The highest BCUT2D eigenvalue weighted by Crippen LogP contribution is 2.22. The van der Waals surface area contributed by atoms with Crippen molar-refractivity contribution in [1.82, 2.24) is 15.6 Å². The van der Waals surface area contributed by atoms with Crippen molar-refractivity contribution in [2.75, 3.05) is 13.1 Å². The van der Waals surface area contributed by atoms with Crippen LogP contribution in [0.1, 0.15) is 22.3 Å². The summed E-state index contributed by atoms with van der Waals surface area (Å²) >= 11 is 11.7. The molecule has 0 saturated carbocycles. The maximum atomic E-state index is 11.9. The Labute approximate surface area is 150 Å². The van der Waals surface area contributed by atoms with Gasteiger partial charge in [0.05, 0.1) is 10.0 Å². The van der Waals surface area contributed by atoms with Crippen LogP contribution >= 0.6 is 23.2 Å². The number of nitrogens with one attached hydrogen (secondary N) is 2. The number of carbonyl (C=O) groups excluding carboxylic acids is 2. The zero-order valence-corrected chi connectivity index (χ0v) is 14.4. The summed E-state index contributed by atoms with van der Waals surface area (Å²) in [5.74, 6) is -0.324. The summed E-state index contributed by atoms with van der Waals surface area (Å²) in [7, 11) is 0. The molecule has 0 aliphatic carbocycles. The molecule has 2 aromatic rings. The number of hydrogen-bond acceptors (Lipinski definition) is 3. The zero-order chi connectivity index (χ0) is 17.4. The minimum absolute atomic E-state index is 0.0596. The van der Waals surface area contributed by atoms with Gasteiger partial charge in [-0.15, -0.1) is 0 Å². The van der Waals surface area contributed by atoms with E-state index in [-0.39, 0.29) is 11.8 Å². The Morgan fingerprint density at radius 2 is 1.67 bits per heavy atom. The molecule has 0 saturated heterocycles. The SMILES string of the molecule is O=C(CCc1ccncc1)NCCNC(=O)c1ccc(Cl)c(Cl)c1. The van der Waals surface area contributed by atoms with Crippen LogP contribution in [0, 0.1) is 0 Å². The third-order valence-corrected chi connectivity index (χ3v) is 4.04. The number of benzene rings is 1. The van der Waals surface area contributed by atoms with Gasteiger partial charge in [0.15, 0.2) is 0 Å². The Morgan fingerprint density at radius 3 is 2.38 bits per heavy atom. The highest BCUT2D eigenvalue weighted by Gasteiger charge is 2.08. The molecule has 24 heavy (non-hydrogen) atoms. The Morgan fingerprint density at radius 1 is 0.958 bits per heavy atom. The third kappa shape index (κ3) is 5.83. The molecular formula is C17H17Cl2N3O2. The first-order valence-corrected chi connectivity index (χ1v) is 8.20. The van der Waals surface area contributed by atoms with Crippen LogP contribution in [0.5, 0.6) is 0 Å². The van der Waals surface area contributed by atoms with E-state index >= 15 is 0 Å². The topological polar surface area (TPSA) is 71.1 Å². The molecule has 0 radical (unpaired) electrons. The van der Waals surface area contributed by atoms with Gasteiger partial charge in [-0.2, -0.15) is 0 Å². The number of aromatic nitrogens is 1. The maximum absolute atomic E-state index is 11.9. The molecule has 0 atom stereocenters. The number of amides is 2. The predicted molar refractivity (Wildman–Crippen MR) is 94.4 cm³/mol. The number of nitrogens with zero attached hydrogens (tertiary/aromatic N) is 1. The lowest BCUT2D eigenvalue weighted by atomic mass is 10.1. The van der Waals surface area contributed by atoms with Gasteiger partial charge < -0.3 is 10.6 Å². The molecule has 126 valence electrons. The minimum Gasteiger partial charge on any atom is -0.354 e. The average molecular weight is 366 g/mol. The predicted octanol–water partition coefficient (Wildman–Crippen LogP) is 2.87. The van der Waals surface area contributed by atoms with Crippen molar-refractivity contribution in [3.05, 3.63) is 63.9 Å². The first-order chi connectivity index (χ1) is 11.6. The number of rotatable bonds is 7. The summed E-state index contributed by atoms with van der Waals surface area (Å²) < 4.78 is 0. The van der Waals surface area contributed by atoms with Crippen LogP contribution in [0.25, 0.3) is 0 Å². The number of aryl methyl sites for hydroxylation is 1. The van der Waals surface area contributed by atoms with E-state index in [1.54, 1.807) is 24.5 Å². The fraction of sp³-hybridized carbons (Fsp3) is 0.235. The molecule has 2 N–H and O–H groups in total. The molecular weight excluding hydrogens is 349 g/mol. The van der Waals surface area contributed by atoms with Gasteiger partial charge in [-0.05, 0) is 42.3 Å². The van der Waals surface area contributed by atoms with Crippen LogP contribution < -0.4 is 10.6 Å². The van der Waals surface area contributed by atoms with E-state index in [2.05, 4.69) is 15.6 Å². The molecule has 0 aliphatic rings. The lowest BCUT2D eigenvalue weighted by Gasteiger charge is -2.08. The largest absolute Gasteiger partial charge is 0.354 e. The average Bonchev–Trinajstić information content (AvgIpc) is 2.60. The van der Waals surface area contributed by atoms with E-state index in [0.29, 0.717) is 41.5 Å². The number of hydrogen-bond donors (Lipinski definition) is 2. The summed E-state index contributed by atoms with van der Waals surface area (Å²) in [6.07, 6.45) is 4.45. The van der Waals surface area contributed by atoms with E-state index in [1.807, 2.05) is 12.1 Å². The van der Waals surface area contributed by atoms with E-state index in [9.17, 15) is 9.59 Å². The summed E-state index contributed by atoms with van der Waals surface area (Å²) in [4.78, 5) is 27.6. The maximum Gasteiger partial charge on any atom is 0.251 e. The molecule has 0 fully saturated rings. The van der Waals surface area contributed by atoms with E-state index in [1.165, 1.54) is 6.07 Å². The fourth-order valence-corrected chi connectivity index (χ4v) is 2.31. The lowest BCUT2D eigenvalue weighted by molar-refractivity contribution is -0.121. The van der Waals surface area contributed by atoms with Crippen LogP contribution in [-0.2, 0) is 11.2 Å². The number of halogens is 2. The molecule has 5 nitrogen and oxygen atoms in total. The second kappa shape index (κ2) is 9.25. The van der Waals surface area contributed by atoms with Gasteiger partial charge in [-0.1, -0.05) is 23.2 Å². The van der Waals surface area contributed by atoms with E-state index < -0.39 is 0 Å². The molecule has 0 bridgehead atoms. The molecule has 0 spiro atoms. The molecule has 0 unspecified atom stereocenters. The summed E-state index contributed by atoms with van der Waals surface area (Å²) in [6.45, 7) is 0.697. The van der Waals surface area contributed by atoms with Crippen LogP contribution in [0.2, 0.25) is 10.0 Å². The lowest BCUT2D eigenvalue weighted by Crippen LogP contribution is -2.34. The van der Waals surface area contributed by atoms with Crippen molar-refractivity contribution < 1.29 is 9.59 Å². The van der Waals surface area contributed by atoms with Crippen LogP contribution in [0.15, 0.2) is 42.7 Å². The second-order valence-electron chi connectivity index (χ2n) is 5.09. The van der Waals surface area contributed by atoms with Crippen LogP contribution in [0.4, 0.5) is 0 Å². The molecule has 1 aromatic heterocycles. The van der Waals surface area contributed by atoms with E-state index in [4.69, 9.17) is 23.2 Å². The van der Waals surface area contributed by atoms with Gasteiger partial charge in [0, 0.05) is 37.5 Å². The fourth-order valence-electron chi connectivity index (χ4n) is 2.01. The molecule has 2 amide bonds. The van der Waals surface area contributed by atoms with Crippen LogP contribution in [0.3, 0.4) is 0 Å². The molecule has 7 heteroatoms. The Bertz CT molecular complexity index is 708. The standard InChI is InChI=1S/C17H17Cl2N3O2/c18-14-3-2-13(11-15(14)19)17(24)22-10-9-21-16(23)4-1-12-5-7-20-8-6-12/h2-3,5-8,11H,1,4,9-10H2,(H,21,23)(H,22,24). The zero-order valence-electron chi connectivity index (χ0n) is 12.9. The first-order valence-electron chi connectivity index (χ1n) is 7.45. The number of carbonyl (C=O) groups is 2. The van der Waals surface area contributed by atoms with Gasteiger partial charge in [0.1, 0.15) is 0 Å². The van der Waals surface area contributed by atoms with Crippen molar-refractivity contribution in [3.8, 4) is 0 Å². The quantitative estimate of drug-likeness (QED) is 0.741. The highest BCUT2D eigenvalue weighted by molar-refractivity contribution is 6.42. The van der Waals surface area contributed by atoms with Gasteiger partial charge in [-0.25, -0.2) is 0 Å². The van der Waals surface area contributed by atoms with Crippen LogP contribution in [-0.4, -0.2) is 29.9 Å². The molecule has 2 rings (SSSR count). The van der Waals surface area contributed by atoms with Gasteiger partial charge >= 0.3 is 0 Å². The number of pyridine rings is 1. The van der Waals surface area contributed by atoms with Gasteiger partial charge in [-0.3, -0.25) is 14.6 Å². The Hall–Kier alpha value is -2.11. The third-order valence-electron chi connectivity index (χ3n) is 3.30. The summed E-state index contributed by atoms with van der Waals surface area (Å²) in [5, 5.41) is 6.20. The Balaban J connectivity index is 1.65. The van der Waals surface area contributed by atoms with Crippen molar-refractivity contribution in [3.63, 3.8) is 0 Å². The van der Waals surface area contributed by atoms with Crippen molar-refractivity contribution in [2.24, 2.45) is 0 Å². The highest BCUT2D eigenvalue weighted by atomic mass is 35.5. The summed E-state index contributed by atoms with van der Waals surface area (Å²) in [6, 6.07) is 8.43. The van der Waals surface area contributed by atoms with E-state index in [0.717, 1.165) is 5.56 Å². The Kier molecular flexibility index (Phi) is 7.03. The van der Waals surface area contributed by atoms with Crippen molar-refractivity contribution >= 4 is 35.0 Å². The summed E-state index contributed by atoms with van der Waals surface area (Å²) in [5.41, 5.74) is 1.49. The van der Waals surface area contributed by atoms with Crippen molar-refractivity contribution in [1.29, 1.82) is 0 Å². The molecule has 0 aliphatic heterocycles. The van der Waals surface area contributed by atoms with Gasteiger partial charge in [0.25, 0.3) is 5.91 Å². The molecule has 1 aromatic carbocycles. The monoisotopic (exact) mass is 365 g/mol. The first kappa shape index (κ1) is 18.2.